The van der Waals surface area contributed by atoms with Gasteiger partial charge < -0.3 is 0 Å². The van der Waals surface area contributed by atoms with Crippen LogP contribution < -0.4 is 10.9 Å². The Morgan fingerprint density at radius 3 is 2.00 bits per heavy atom. The van der Waals surface area contributed by atoms with E-state index in [0.717, 1.165) is 9.13 Å². The minimum absolute atomic E-state index is 0.0647. The molecule has 148 valence electrons. The van der Waals surface area contributed by atoms with E-state index < -0.39 is 23.3 Å². The first-order chi connectivity index (χ1) is 14.5. The predicted octanol–water partition coefficient (Wildman–Crippen LogP) is 1.93. The van der Waals surface area contributed by atoms with Crippen molar-refractivity contribution in [1.29, 1.82) is 0 Å². The first-order valence-corrected chi connectivity index (χ1v) is 8.94. The number of aromatic nitrogens is 4. The number of carbonyl (C=O) groups excluding carboxylic acids is 3. The van der Waals surface area contributed by atoms with E-state index in [1.54, 1.807) is 48.5 Å². The molecule has 0 aliphatic heterocycles. The van der Waals surface area contributed by atoms with Gasteiger partial charge in [-0.15, -0.1) is 0 Å². The van der Waals surface area contributed by atoms with Gasteiger partial charge in [0.1, 0.15) is 6.33 Å². The number of fused-ring (bicyclic) bond motifs is 1. The summed E-state index contributed by atoms with van der Waals surface area (Å²) in [5.74, 6) is -1.98. The molecule has 0 aliphatic carbocycles. The zero-order chi connectivity index (χ0) is 21.3. The Balaban J connectivity index is 1.96. The van der Waals surface area contributed by atoms with Gasteiger partial charge in [-0.2, -0.15) is 4.98 Å². The molecule has 1 N–H and O–H groups in total. The number of nitrogens with one attached hydrogen (secondary N) is 1. The molecule has 2 aromatic heterocycles. The molecule has 0 saturated carbocycles. The van der Waals surface area contributed by atoms with Crippen LogP contribution in [0.3, 0.4) is 0 Å². The van der Waals surface area contributed by atoms with E-state index in [4.69, 9.17) is 0 Å². The van der Waals surface area contributed by atoms with E-state index >= 15 is 0 Å². The van der Waals surface area contributed by atoms with Gasteiger partial charge in [0.15, 0.2) is 11.2 Å². The molecular weight excluding hydrogens is 386 g/mol. The number of carbonyl (C=O) groups is 3. The number of anilines is 1. The third-order valence-electron chi connectivity index (χ3n) is 4.33. The zero-order valence-corrected chi connectivity index (χ0v) is 15.8. The topological polar surface area (TPSA) is 116 Å². The van der Waals surface area contributed by atoms with Gasteiger partial charge in [0.2, 0.25) is 11.9 Å². The highest BCUT2D eigenvalue weighted by molar-refractivity contribution is 6.03. The lowest BCUT2D eigenvalue weighted by atomic mass is 10.2. The number of benzene rings is 2. The molecule has 0 radical (unpaired) electrons. The minimum Gasteiger partial charge on any atom is -0.296 e. The van der Waals surface area contributed by atoms with Crippen molar-refractivity contribution in [3.05, 3.63) is 88.5 Å². The molecule has 9 heteroatoms. The smallest absolute Gasteiger partial charge is 0.288 e. The van der Waals surface area contributed by atoms with Gasteiger partial charge in [-0.3, -0.25) is 29.1 Å². The van der Waals surface area contributed by atoms with E-state index in [1.165, 1.54) is 25.4 Å². The fraction of sp³-hybridized carbons (Fsp3) is 0.0476. The van der Waals surface area contributed by atoms with Crippen LogP contribution in [0.25, 0.3) is 11.2 Å². The maximum Gasteiger partial charge on any atom is 0.288 e. The van der Waals surface area contributed by atoms with Gasteiger partial charge in [-0.25, -0.2) is 9.55 Å². The van der Waals surface area contributed by atoms with Crippen LogP contribution in [-0.4, -0.2) is 36.8 Å². The first-order valence-electron chi connectivity index (χ1n) is 8.94. The Kier molecular flexibility index (Phi) is 4.77. The van der Waals surface area contributed by atoms with Crippen LogP contribution in [0, 0.1) is 0 Å². The number of imidazole rings is 1. The quantitative estimate of drug-likeness (QED) is 0.561. The number of hydrogen-bond acceptors (Lipinski definition) is 6. The Morgan fingerprint density at radius 1 is 0.867 bits per heavy atom. The van der Waals surface area contributed by atoms with E-state index in [9.17, 15) is 19.2 Å². The molecule has 9 nitrogen and oxygen atoms in total. The SMILES string of the molecule is CC(=O)Nc1nc2ncn(C(=O)c3ccccc3)c2c(=O)n1C(=O)c1ccccc1. The van der Waals surface area contributed by atoms with Crippen molar-refractivity contribution in [3.8, 4) is 0 Å². The van der Waals surface area contributed by atoms with Crippen LogP contribution in [-0.2, 0) is 4.79 Å². The average molecular weight is 401 g/mol. The highest BCUT2D eigenvalue weighted by atomic mass is 16.2. The molecule has 0 fully saturated rings. The van der Waals surface area contributed by atoms with Crippen LogP contribution >= 0.6 is 0 Å². The molecule has 30 heavy (non-hydrogen) atoms. The van der Waals surface area contributed by atoms with Crippen LogP contribution in [0.15, 0.2) is 71.8 Å². The number of hydrogen-bond donors (Lipinski definition) is 1. The van der Waals surface area contributed by atoms with Gasteiger partial charge in [0, 0.05) is 18.1 Å². The third kappa shape index (κ3) is 3.28. The summed E-state index contributed by atoms with van der Waals surface area (Å²) >= 11 is 0. The molecule has 1 amide bonds. The van der Waals surface area contributed by atoms with Gasteiger partial charge in [-0.05, 0) is 24.3 Å². The second-order valence-corrected chi connectivity index (χ2v) is 6.39. The Hall–Kier alpha value is -4.40. The van der Waals surface area contributed by atoms with Crippen LogP contribution in [0.4, 0.5) is 5.95 Å². The summed E-state index contributed by atoms with van der Waals surface area (Å²) in [6.45, 7) is 1.23. The summed E-state index contributed by atoms with van der Waals surface area (Å²) in [7, 11) is 0. The van der Waals surface area contributed by atoms with Crippen LogP contribution in [0.5, 0.6) is 0 Å². The van der Waals surface area contributed by atoms with Gasteiger partial charge in [0.05, 0.1) is 0 Å². The van der Waals surface area contributed by atoms with E-state index in [2.05, 4.69) is 15.3 Å². The van der Waals surface area contributed by atoms with Crippen LogP contribution in [0.1, 0.15) is 27.6 Å². The fourth-order valence-corrected chi connectivity index (χ4v) is 2.99. The monoisotopic (exact) mass is 401 g/mol. The predicted molar refractivity (Wildman–Crippen MR) is 108 cm³/mol. The molecule has 2 heterocycles. The molecular formula is C21H15N5O4. The molecule has 4 rings (SSSR count). The third-order valence-corrected chi connectivity index (χ3v) is 4.33. The lowest BCUT2D eigenvalue weighted by Crippen LogP contribution is -2.33. The largest absolute Gasteiger partial charge is 0.296 e. The second-order valence-electron chi connectivity index (χ2n) is 6.39. The van der Waals surface area contributed by atoms with Gasteiger partial charge in [0.25, 0.3) is 17.4 Å². The molecule has 0 atom stereocenters. The molecule has 2 aromatic carbocycles. The lowest BCUT2D eigenvalue weighted by molar-refractivity contribution is -0.114. The number of nitrogens with zero attached hydrogens (tertiary/aromatic N) is 4. The summed E-state index contributed by atoms with van der Waals surface area (Å²) in [6, 6.07) is 16.4. The van der Waals surface area contributed by atoms with E-state index in [-0.39, 0.29) is 22.7 Å². The molecule has 0 saturated heterocycles. The second kappa shape index (κ2) is 7.55. The first kappa shape index (κ1) is 18.9. The maximum absolute atomic E-state index is 13.3. The zero-order valence-electron chi connectivity index (χ0n) is 15.8. The summed E-state index contributed by atoms with van der Waals surface area (Å²) in [5.41, 5.74) is -0.498. The van der Waals surface area contributed by atoms with Crippen molar-refractivity contribution in [2.75, 3.05) is 5.32 Å². The summed E-state index contributed by atoms with van der Waals surface area (Å²) in [5, 5.41) is 2.39. The fourth-order valence-electron chi connectivity index (χ4n) is 2.99. The number of rotatable bonds is 3. The van der Waals surface area contributed by atoms with Gasteiger partial charge >= 0.3 is 0 Å². The molecule has 0 unspecified atom stereocenters. The Morgan fingerprint density at radius 2 is 1.43 bits per heavy atom. The highest BCUT2D eigenvalue weighted by Crippen LogP contribution is 2.14. The van der Waals surface area contributed by atoms with E-state index in [0.29, 0.717) is 5.56 Å². The minimum atomic E-state index is -0.820. The standard InChI is InChI=1S/C21H15N5O4/c1-13(27)23-21-24-17-16(20(30)26(21)19(29)15-10-6-3-7-11-15)25(12-22-17)18(28)14-8-4-2-5-9-14/h2-12H,1H3,(H,23,24,27). The Labute approximate surface area is 169 Å². The van der Waals surface area contributed by atoms with Crippen molar-refractivity contribution >= 4 is 34.8 Å². The van der Waals surface area contributed by atoms with Gasteiger partial charge in [-0.1, -0.05) is 36.4 Å². The summed E-state index contributed by atoms with van der Waals surface area (Å²) in [4.78, 5) is 59.0. The molecule has 4 aromatic rings. The Bertz CT molecular complexity index is 1340. The van der Waals surface area contributed by atoms with Crippen molar-refractivity contribution < 1.29 is 14.4 Å². The van der Waals surface area contributed by atoms with Crippen LogP contribution in [0.2, 0.25) is 0 Å². The molecule has 0 bridgehead atoms. The maximum atomic E-state index is 13.3. The van der Waals surface area contributed by atoms with Crippen molar-refractivity contribution in [2.45, 2.75) is 6.92 Å². The van der Waals surface area contributed by atoms with Crippen molar-refractivity contribution in [1.82, 2.24) is 19.1 Å². The lowest BCUT2D eigenvalue weighted by Gasteiger charge is -2.11. The average Bonchev–Trinajstić information content (AvgIpc) is 3.18. The highest BCUT2D eigenvalue weighted by Gasteiger charge is 2.24. The van der Waals surface area contributed by atoms with Crippen molar-refractivity contribution in [2.24, 2.45) is 0 Å². The molecule has 0 spiro atoms. The van der Waals surface area contributed by atoms with E-state index in [1.807, 2.05) is 0 Å². The summed E-state index contributed by atoms with van der Waals surface area (Å²) < 4.78 is 1.78. The summed E-state index contributed by atoms with van der Waals surface area (Å²) in [6.07, 6.45) is 1.17. The number of amides is 1. The normalized spacial score (nSPS) is 10.7. The molecule has 0 aliphatic rings. The van der Waals surface area contributed by atoms with Crippen molar-refractivity contribution in [3.63, 3.8) is 0 Å².